The summed E-state index contributed by atoms with van der Waals surface area (Å²) in [6.07, 6.45) is 4.43. The van der Waals surface area contributed by atoms with Gasteiger partial charge >= 0.3 is 12.0 Å². The average molecular weight is 272 g/mol. The molecule has 112 valence electrons. The minimum atomic E-state index is -0.997. The molecule has 19 heavy (non-hydrogen) atoms. The van der Waals surface area contributed by atoms with Gasteiger partial charge in [0, 0.05) is 6.54 Å². The van der Waals surface area contributed by atoms with Crippen LogP contribution in [-0.4, -0.2) is 29.7 Å². The molecule has 0 unspecified atom stereocenters. The highest BCUT2D eigenvalue weighted by atomic mass is 16.4. The van der Waals surface area contributed by atoms with E-state index in [0.29, 0.717) is 12.5 Å². The molecule has 5 nitrogen and oxygen atoms in total. The molecule has 0 bridgehead atoms. The summed E-state index contributed by atoms with van der Waals surface area (Å²) in [5, 5.41) is 14.3. The van der Waals surface area contributed by atoms with Crippen molar-refractivity contribution in [1.29, 1.82) is 0 Å². The molecule has 0 aromatic heterocycles. The molecule has 0 heterocycles. The average Bonchev–Trinajstić information content (AvgIpc) is 2.35. The van der Waals surface area contributed by atoms with Gasteiger partial charge in [0.1, 0.15) is 6.04 Å². The van der Waals surface area contributed by atoms with Gasteiger partial charge in [0.15, 0.2) is 0 Å². The van der Waals surface area contributed by atoms with Crippen molar-refractivity contribution < 1.29 is 14.7 Å². The quantitative estimate of drug-likeness (QED) is 0.603. The summed E-state index contributed by atoms with van der Waals surface area (Å²) in [4.78, 5) is 22.6. The molecule has 0 aromatic rings. The second kappa shape index (κ2) is 9.64. The van der Waals surface area contributed by atoms with Gasteiger partial charge in [0.25, 0.3) is 0 Å². The number of unbranched alkanes of at least 4 members (excludes halogenated alkanes) is 1. The zero-order chi connectivity index (χ0) is 14.8. The summed E-state index contributed by atoms with van der Waals surface area (Å²) in [6.45, 7) is 8.40. The maximum Gasteiger partial charge on any atom is 0.326 e. The van der Waals surface area contributed by atoms with Crippen molar-refractivity contribution in [3.63, 3.8) is 0 Å². The molecule has 0 spiro atoms. The number of hydrogen-bond acceptors (Lipinski definition) is 2. The number of hydrogen-bond donors (Lipinski definition) is 3. The fourth-order valence-electron chi connectivity index (χ4n) is 1.89. The lowest BCUT2D eigenvalue weighted by Crippen LogP contribution is -2.49. The van der Waals surface area contributed by atoms with Crippen molar-refractivity contribution >= 4 is 12.0 Å². The Morgan fingerprint density at radius 1 is 1.21 bits per heavy atom. The highest BCUT2D eigenvalue weighted by molar-refractivity contribution is 5.82. The van der Waals surface area contributed by atoms with Gasteiger partial charge in [-0.25, -0.2) is 9.59 Å². The summed E-state index contributed by atoms with van der Waals surface area (Å²) >= 11 is 0. The number of carbonyl (C=O) groups is 2. The van der Waals surface area contributed by atoms with Gasteiger partial charge in [-0.15, -0.1) is 0 Å². The van der Waals surface area contributed by atoms with E-state index in [0.717, 1.165) is 25.7 Å². The molecule has 0 saturated heterocycles. The first kappa shape index (κ1) is 17.7. The number of carboxylic acid groups (broad SMARTS) is 1. The van der Waals surface area contributed by atoms with Gasteiger partial charge in [0.05, 0.1) is 0 Å². The molecular weight excluding hydrogens is 244 g/mol. The number of amides is 2. The third-order valence-electron chi connectivity index (χ3n) is 3.31. The maximum absolute atomic E-state index is 11.7. The van der Waals surface area contributed by atoms with Crippen LogP contribution in [0.5, 0.6) is 0 Å². The lowest BCUT2D eigenvalue weighted by Gasteiger charge is -2.20. The lowest BCUT2D eigenvalue weighted by atomic mass is 9.99. The molecule has 3 N–H and O–H groups in total. The molecule has 0 radical (unpaired) electrons. The van der Waals surface area contributed by atoms with Crippen LogP contribution in [0.4, 0.5) is 4.79 Å². The Morgan fingerprint density at radius 2 is 1.84 bits per heavy atom. The Labute approximate surface area is 116 Å². The molecule has 0 aliphatic rings. The first-order valence-electron chi connectivity index (χ1n) is 7.19. The number of aliphatic carboxylic acids is 1. The van der Waals surface area contributed by atoms with E-state index in [9.17, 15) is 9.59 Å². The van der Waals surface area contributed by atoms with Crippen LogP contribution in [0, 0.1) is 11.8 Å². The van der Waals surface area contributed by atoms with Crippen LogP contribution in [0.3, 0.4) is 0 Å². The smallest absolute Gasteiger partial charge is 0.326 e. The molecule has 2 atom stereocenters. The van der Waals surface area contributed by atoms with Crippen molar-refractivity contribution in [2.75, 3.05) is 6.54 Å². The second-order valence-corrected chi connectivity index (χ2v) is 5.33. The van der Waals surface area contributed by atoms with Crippen LogP contribution in [0.15, 0.2) is 0 Å². The highest BCUT2D eigenvalue weighted by Gasteiger charge is 2.23. The van der Waals surface area contributed by atoms with Crippen LogP contribution in [0.2, 0.25) is 0 Å². The maximum atomic E-state index is 11.7. The number of carbonyl (C=O) groups excluding carboxylic acids is 1. The van der Waals surface area contributed by atoms with Gasteiger partial charge in [-0.3, -0.25) is 0 Å². The predicted octanol–water partition coefficient (Wildman–Crippen LogP) is 2.61. The summed E-state index contributed by atoms with van der Waals surface area (Å²) < 4.78 is 0. The largest absolute Gasteiger partial charge is 0.480 e. The Morgan fingerprint density at radius 3 is 2.26 bits per heavy atom. The van der Waals surface area contributed by atoms with Crippen LogP contribution in [0.25, 0.3) is 0 Å². The van der Waals surface area contributed by atoms with E-state index in [2.05, 4.69) is 24.5 Å². The van der Waals surface area contributed by atoms with Gasteiger partial charge in [-0.05, 0) is 18.3 Å². The van der Waals surface area contributed by atoms with Crippen molar-refractivity contribution in [2.24, 2.45) is 11.8 Å². The number of rotatable bonds is 9. The van der Waals surface area contributed by atoms with Crippen LogP contribution in [-0.2, 0) is 4.79 Å². The SMILES string of the molecule is CCCC[C@H](CC)CNC(=O)N[C@H](C(=O)O)C(C)C. The predicted molar refractivity (Wildman–Crippen MR) is 76.1 cm³/mol. The summed E-state index contributed by atoms with van der Waals surface area (Å²) in [6, 6.07) is -1.23. The topological polar surface area (TPSA) is 78.4 Å². The van der Waals surface area contributed by atoms with E-state index in [1.54, 1.807) is 13.8 Å². The zero-order valence-electron chi connectivity index (χ0n) is 12.5. The summed E-state index contributed by atoms with van der Waals surface area (Å²) in [5.41, 5.74) is 0. The highest BCUT2D eigenvalue weighted by Crippen LogP contribution is 2.11. The van der Waals surface area contributed by atoms with Crippen LogP contribution < -0.4 is 10.6 Å². The first-order chi connectivity index (χ1) is 8.92. The van der Waals surface area contributed by atoms with E-state index >= 15 is 0 Å². The molecular formula is C14H28N2O3. The van der Waals surface area contributed by atoms with E-state index in [4.69, 9.17) is 5.11 Å². The number of nitrogens with one attached hydrogen (secondary N) is 2. The van der Waals surface area contributed by atoms with Gasteiger partial charge in [-0.1, -0.05) is 47.0 Å². The van der Waals surface area contributed by atoms with E-state index < -0.39 is 18.0 Å². The van der Waals surface area contributed by atoms with Crippen molar-refractivity contribution in [1.82, 2.24) is 10.6 Å². The van der Waals surface area contributed by atoms with E-state index in [1.165, 1.54) is 0 Å². The Hall–Kier alpha value is -1.26. The molecule has 0 saturated carbocycles. The van der Waals surface area contributed by atoms with Gasteiger partial charge in [-0.2, -0.15) is 0 Å². The van der Waals surface area contributed by atoms with Gasteiger partial charge in [0.2, 0.25) is 0 Å². The van der Waals surface area contributed by atoms with E-state index in [1.807, 2.05) is 0 Å². The number of urea groups is 1. The molecule has 0 fully saturated rings. The van der Waals surface area contributed by atoms with Crippen molar-refractivity contribution in [2.45, 2.75) is 59.4 Å². The fourth-order valence-corrected chi connectivity index (χ4v) is 1.89. The van der Waals surface area contributed by atoms with Crippen LogP contribution in [0.1, 0.15) is 53.4 Å². The lowest BCUT2D eigenvalue weighted by molar-refractivity contribution is -0.140. The van der Waals surface area contributed by atoms with Crippen LogP contribution >= 0.6 is 0 Å². The van der Waals surface area contributed by atoms with E-state index in [-0.39, 0.29) is 5.92 Å². The molecule has 0 aliphatic carbocycles. The third kappa shape index (κ3) is 7.70. The molecule has 2 amide bonds. The second-order valence-electron chi connectivity index (χ2n) is 5.33. The molecule has 5 heteroatoms. The van der Waals surface area contributed by atoms with Crippen molar-refractivity contribution in [3.8, 4) is 0 Å². The monoisotopic (exact) mass is 272 g/mol. The Balaban J connectivity index is 4.11. The Kier molecular flexibility index (Phi) is 9.00. The Bertz CT molecular complexity index is 280. The summed E-state index contributed by atoms with van der Waals surface area (Å²) in [5.74, 6) is -0.665. The standard InChI is InChI=1S/C14H28N2O3/c1-5-7-8-11(6-2)9-15-14(19)16-12(10(3)4)13(17)18/h10-12H,5-9H2,1-4H3,(H,17,18)(H2,15,16,19)/t11-,12-/m0/s1. The minimum absolute atomic E-state index is 0.134. The third-order valence-corrected chi connectivity index (χ3v) is 3.31. The van der Waals surface area contributed by atoms with Gasteiger partial charge < -0.3 is 15.7 Å². The molecule has 0 rings (SSSR count). The zero-order valence-corrected chi connectivity index (χ0v) is 12.5. The van der Waals surface area contributed by atoms with Crippen molar-refractivity contribution in [3.05, 3.63) is 0 Å². The molecule has 0 aromatic carbocycles. The fraction of sp³-hybridized carbons (Fsp3) is 0.857. The normalized spacial score (nSPS) is 13.9. The summed E-state index contributed by atoms with van der Waals surface area (Å²) in [7, 11) is 0. The molecule has 0 aliphatic heterocycles. The number of carboxylic acids is 1. The minimum Gasteiger partial charge on any atom is -0.480 e. The first-order valence-corrected chi connectivity index (χ1v) is 7.19.